The first-order chi connectivity index (χ1) is 10.1. The van der Waals surface area contributed by atoms with E-state index in [0.717, 1.165) is 35.3 Å². The van der Waals surface area contributed by atoms with Crippen molar-refractivity contribution in [1.29, 1.82) is 0 Å². The third-order valence-corrected chi connectivity index (χ3v) is 3.85. The Morgan fingerprint density at radius 1 is 1.10 bits per heavy atom. The molecule has 1 atom stereocenters. The van der Waals surface area contributed by atoms with Gasteiger partial charge in [-0.25, -0.2) is 4.39 Å². The molecule has 0 saturated carbocycles. The van der Waals surface area contributed by atoms with Crippen LogP contribution >= 0.6 is 0 Å². The summed E-state index contributed by atoms with van der Waals surface area (Å²) in [4.78, 5) is 0. The zero-order valence-electron chi connectivity index (χ0n) is 12.6. The van der Waals surface area contributed by atoms with E-state index in [-0.39, 0.29) is 11.7 Å². The summed E-state index contributed by atoms with van der Waals surface area (Å²) in [6, 6.07) is 12.9. The van der Waals surface area contributed by atoms with Gasteiger partial charge in [0.25, 0.3) is 0 Å². The first-order valence-electron chi connectivity index (χ1n) is 7.21. The van der Waals surface area contributed by atoms with Crippen molar-refractivity contribution >= 4 is 0 Å². The molecule has 0 saturated heterocycles. The summed E-state index contributed by atoms with van der Waals surface area (Å²) in [5.41, 5.74) is 9.19. The minimum absolute atomic E-state index is 0.191. The van der Waals surface area contributed by atoms with Crippen molar-refractivity contribution in [3.05, 3.63) is 65.0 Å². The van der Waals surface area contributed by atoms with Crippen LogP contribution in [0.2, 0.25) is 0 Å². The smallest absolute Gasteiger partial charge is 0.123 e. The lowest BCUT2D eigenvalue weighted by Crippen LogP contribution is -2.20. The van der Waals surface area contributed by atoms with E-state index in [1.165, 1.54) is 6.07 Å². The lowest BCUT2D eigenvalue weighted by atomic mass is 9.90. The number of aryl methyl sites for hydroxylation is 1. The third kappa shape index (κ3) is 4.05. The number of benzene rings is 2. The van der Waals surface area contributed by atoms with Crippen LogP contribution in [0.3, 0.4) is 0 Å². The van der Waals surface area contributed by atoms with Gasteiger partial charge in [-0.05, 0) is 67.1 Å². The van der Waals surface area contributed by atoms with E-state index in [4.69, 9.17) is 10.5 Å². The van der Waals surface area contributed by atoms with Crippen LogP contribution in [-0.4, -0.2) is 13.7 Å². The van der Waals surface area contributed by atoms with Crippen molar-refractivity contribution in [2.45, 2.75) is 19.8 Å². The molecule has 0 aliphatic carbocycles. The van der Waals surface area contributed by atoms with Crippen LogP contribution in [0.25, 0.3) is 0 Å². The van der Waals surface area contributed by atoms with Gasteiger partial charge in [0.15, 0.2) is 0 Å². The molecule has 0 aliphatic heterocycles. The predicted octanol–water partition coefficient (Wildman–Crippen LogP) is 3.50. The van der Waals surface area contributed by atoms with Gasteiger partial charge in [-0.15, -0.1) is 0 Å². The highest BCUT2D eigenvalue weighted by Gasteiger charge is 2.13. The normalized spacial score (nSPS) is 12.2. The summed E-state index contributed by atoms with van der Waals surface area (Å²) < 4.78 is 18.8. The molecule has 0 aliphatic rings. The zero-order chi connectivity index (χ0) is 15.2. The Labute approximate surface area is 125 Å². The molecule has 0 spiro atoms. The third-order valence-electron chi connectivity index (χ3n) is 3.85. The number of hydrogen-bond donors (Lipinski definition) is 1. The average Bonchev–Trinajstić information content (AvgIpc) is 2.50. The van der Waals surface area contributed by atoms with E-state index < -0.39 is 0 Å². The summed E-state index contributed by atoms with van der Waals surface area (Å²) in [6.07, 6.45) is 1.61. The number of rotatable bonds is 6. The molecule has 0 amide bonds. The van der Waals surface area contributed by atoms with Crippen LogP contribution in [0.4, 0.5) is 4.39 Å². The maximum Gasteiger partial charge on any atom is 0.123 e. The van der Waals surface area contributed by atoms with E-state index in [1.807, 2.05) is 31.2 Å². The Hall–Kier alpha value is -1.87. The molecule has 0 bridgehead atoms. The van der Waals surface area contributed by atoms with Crippen LogP contribution in [0.5, 0.6) is 5.75 Å². The predicted molar refractivity (Wildman–Crippen MR) is 84.1 cm³/mol. The van der Waals surface area contributed by atoms with Gasteiger partial charge in [-0.1, -0.05) is 24.3 Å². The minimum Gasteiger partial charge on any atom is -0.496 e. The summed E-state index contributed by atoms with van der Waals surface area (Å²) in [5.74, 6) is 0.956. The summed E-state index contributed by atoms with van der Waals surface area (Å²) in [7, 11) is 1.67. The van der Waals surface area contributed by atoms with Gasteiger partial charge in [0.05, 0.1) is 7.11 Å². The molecule has 2 aromatic rings. The van der Waals surface area contributed by atoms with E-state index in [2.05, 4.69) is 6.07 Å². The average molecular weight is 287 g/mol. The molecule has 0 heterocycles. The Kier molecular flexibility index (Phi) is 5.34. The fourth-order valence-electron chi connectivity index (χ4n) is 2.59. The van der Waals surface area contributed by atoms with Gasteiger partial charge in [-0.3, -0.25) is 0 Å². The van der Waals surface area contributed by atoms with Gasteiger partial charge in [0.2, 0.25) is 0 Å². The quantitative estimate of drug-likeness (QED) is 0.882. The van der Waals surface area contributed by atoms with Crippen molar-refractivity contribution in [3.8, 4) is 5.75 Å². The van der Waals surface area contributed by atoms with E-state index in [0.29, 0.717) is 6.54 Å². The van der Waals surface area contributed by atoms with Crippen LogP contribution in [0.1, 0.15) is 16.7 Å². The topological polar surface area (TPSA) is 35.2 Å². The highest BCUT2D eigenvalue weighted by Crippen LogP contribution is 2.23. The molecule has 0 fully saturated rings. The Morgan fingerprint density at radius 2 is 1.81 bits per heavy atom. The molecular formula is C18H22FNO. The van der Waals surface area contributed by atoms with Crippen LogP contribution in [-0.2, 0) is 12.8 Å². The van der Waals surface area contributed by atoms with Crippen molar-refractivity contribution in [3.63, 3.8) is 0 Å². The van der Waals surface area contributed by atoms with E-state index in [9.17, 15) is 4.39 Å². The molecular weight excluding hydrogens is 265 g/mol. The largest absolute Gasteiger partial charge is 0.496 e. The molecule has 21 heavy (non-hydrogen) atoms. The van der Waals surface area contributed by atoms with Gasteiger partial charge in [0, 0.05) is 0 Å². The first-order valence-corrected chi connectivity index (χ1v) is 7.21. The standard InChI is InChI=1S/C18H22FNO/c1-13-7-8-17(19)11-16(13)10-14(12-20)9-15-5-3-4-6-18(15)21-2/h3-8,11,14H,9-10,12,20H2,1-2H3. The second-order valence-corrected chi connectivity index (χ2v) is 5.39. The number of ether oxygens (including phenoxy) is 1. The number of methoxy groups -OCH3 is 1. The number of para-hydroxylation sites is 1. The molecule has 112 valence electrons. The number of hydrogen-bond acceptors (Lipinski definition) is 2. The maximum atomic E-state index is 13.4. The van der Waals surface area contributed by atoms with E-state index in [1.54, 1.807) is 13.2 Å². The van der Waals surface area contributed by atoms with Crippen molar-refractivity contribution < 1.29 is 9.13 Å². The number of nitrogens with two attached hydrogens (primary N) is 1. The summed E-state index contributed by atoms with van der Waals surface area (Å²) in [5, 5.41) is 0. The first kappa shape index (κ1) is 15.5. The molecule has 3 heteroatoms. The van der Waals surface area contributed by atoms with Gasteiger partial charge in [0.1, 0.15) is 11.6 Å². The lowest BCUT2D eigenvalue weighted by molar-refractivity contribution is 0.404. The lowest BCUT2D eigenvalue weighted by Gasteiger charge is -2.18. The molecule has 0 radical (unpaired) electrons. The molecule has 0 aromatic heterocycles. The highest BCUT2D eigenvalue weighted by atomic mass is 19.1. The van der Waals surface area contributed by atoms with Crippen LogP contribution < -0.4 is 10.5 Å². The monoisotopic (exact) mass is 287 g/mol. The summed E-state index contributed by atoms with van der Waals surface area (Å²) >= 11 is 0. The molecule has 2 nitrogen and oxygen atoms in total. The second kappa shape index (κ2) is 7.23. The molecule has 2 N–H and O–H groups in total. The molecule has 2 rings (SSSR count). The fourth-order valence-corrected chi connectivity index (χ4v) is 2.59. The maximum absolute atomic E-state index is 13.4. The van der Waals surface area contributed by atoms with Gasteiger partial charge < -0.3 is 10.5 Å². The van der Waals surface area contributed by atoms with Gasteiger partial charge >= 0.3 is 0 Å². The Morgan fingerprint density at radius 3 is 2.52 bits per heavy atom. The summed E-state index contributed by atoms with van der Waals surface area (Å²) in [6.45, 7) is 2.57. The van der Waals surface area contributed by atoms with Crippen molar-refractivity contribution in [2.24, 2.45) is 11.7 Å². The van der Waals surface area contributed by atoms with Crippen molar-refractivity contribution in [1.82, 2.24) is 0 Å². The zero-order valence-corrected chi connectivity index (χ0v) is 12.6. The highest BCUT2D eigenvalue weighted by molar-refractivity contribution is 5.34. The van der Waals surface area contributed by atoms with Crippen molar-refractivity contribution in [2.75, 3.05) is 13.7 Å². The SMILES string of the molecule is COc1ccccc1CC(CN)Cc1cc(F)ccc1C. The fraction of sp³-hybridized carbons (Fsp3) is 0.333. The van der Waals surface area contributed by atoms with Gasteiger partial charge in [-0.2, -0.15) is 0 Å². The molecule has 2 aromatic carbocycles. The molecule has 1 unspecified atom stereocenters. The van der Waals surface area contributed by atoms with E-state index >= 15 is 0 Å². The Balaban J connectivity index is 2.15. The van der Waals surface area contributed by atoms with Crippen LogP contribution in [0.15, 0.2) is 42.5 Å². The second-order valence-electron chi connectivity index (χ2n) is 5.39. The number of halogens is 1. The van der Waals surface area contributed by atoms with Crippen LogP contribution in [0, 0.1) is 18.7 Å². The Bertz CT molecular complexity index is 598. The minimum atomic E-state index is -0.191.